The van der Waals surface area contributed by atoms with Gasteiger partial charge in [-0.3, -0.25) is 4.99 Å². The number of hydrogen-bond donors (Lipinski definition) is 2. The average molecular weight is 208 g/mol. The van der Waals surface area contributed by atoms with Crippen LogP contribution in [0.3, 0.4) is 0 Å². The van der Waals surface area contributed by atoms with Crippen LogP contribution in [0.4, 0.5) is 5.69 Å². The average Bonchev–Trinajstić information content (AvgIpc) is 2.56. The smallest absolute Gasteiger partial charge is 0.161 e. The van der Waals surface area contributed by atoms with E-state index >= 15 is 0 Å². The molecule has 0 amide bonds. The molecule has 1 aliphatic heterocycles. The molecule has 0 saturated heterocycles. The molecule has 0 saturated carbocycles. The maximum atomic E-state index is 9.10. The van der Waals surface area contributed by atoms with Crippen molar-refractivity contribution in [2.45, 2.75) is 12.2 Å². The third-order valence-corrected chi connectivity index (χ3v) is 2.93. The highest BCUT2D eigenvalue weighted by Gasteiger charge is 2.14. The van der Waals surface area contributed by atoms with Gasteiger partial charge in [-0.15, -0.1) is 0 Å². The van der Waals surface area contributed by atoms with Gasteiger partial charge in [0.2, 0.25) is 0 Å². The summed E-state index contributed by atoms with van der Waals surface area (Å²) in [5.41, 5.74) is 0.961. The first-order valence-corrected chi connectivity index (χ1v) is 5.39. The van der Waals surface area contributed by atoms with Crippen molar-refractivity contribution >= 4 is 22.6 Å². The van der Waals surface area contributed by atoms with Crippen LogP contribution < -0.4 is 5.32 Å². The fourth-order valence-electron chi connectivity index (χ4n) is 1.21. The third-order valence-electron chi connectivity index (χ3n) is 1.92. The van der Waals surface area contributed by atoms with Crippen LogP contribution in [0.15, 0.2) is 29.3 Å². The number of rotatable bonds is 1. The van der Waals surface area contributed by atoms with E-state index in [4.69, 9.17) is 5.11 Å². The summed E-state index contributed by atoms with van der Waals surface area (Å²) in [6.07, 6.45) is 0. The maximum Gasteiger partial charge on any atom is 0.161 e. The molecule has 0 bridgehead atoms. The monoisotopic (exact) mass is 208 g/mol. The lowest BCUT2D eigenvalue weighted by Crippen LogP contribution is -2.05. The summed E-state index contributed by atoms with van der Waals surface area (Å²) in [7, 11) is 0. The Hall–Kier alpha value is -1.16. The molecule has 0 unspecified atom stereocenters. The molecule has 0 spiro atoms. The van der Waals surface area contributed by atoms with Crippen LogP contribution in [0.2, 0.25) is 0 Å². The molecule has 2 rings (SSSR count). The van der Waals surface area contributed by atoms with E-state index in [9.17, 15) is 0 Å². The van der Waals surface area contributed by atoms with Gasteiger partial charge >= 0.3 is 0 Å². The number of phenols is 1. The van der Waals surface area contributed by atoms with Gasteiger partial charge in [-0.05, 0) is 24.3 Å². The van der Waals surface area contributed by atoms with E-state index in [0.29, 0.717) is 5.25 Å². The van der Waals surface area contributed by atoms with Crippen LogP contribution in [-0.4, -0.2) is 22.1 Å². The molecule has 4 heteroatoms. The number of nitrogens with zero attached hydrogens (tertiary/aromatic N) is 1. The van der Waals surface area contributed by atoms with Crippen molar-refractivity contribution in [1.29, 1.82) is 0 Å². The number of aromatic hydroxyl groups is 1. The Bertz CT molecular complexity index is 348. The predicted molar refractivity (Wildman–Crippen MR) is 61.1 cm³/mol. The van der Waals surface area contributed by atoms with Gasteiger partial charge < -0.3 is 10.4 Å². The zero-order chi connectivity index (χ0) is 9.97. The number of phenolic OH excluding ortho intramolecular Hbond substituents is 1. The highest BCUT2D eigenvalue weighted by atomic mass is 32.2. The topological polar surface area (TPSA) is 44.6 Å². The zero-order valence-electron chi connectivity index (χ0n) is 7.90. The summed E-state index contributed by atoms with van der Waals surface area (Å²) in [4.78, 5) is 4.34. The molecule has 0 aliphatic carbocycles. The third kappa shape index (κ3) is 2.20. The van der Waals surface area contributed by atoms with E-state index in [2.05, 4.69) is 17.2 Å². The summed E-state index contributed by atoms with van der Waals surface area (Å²) >= 11 is 1.74. The Balaban J connectivity index is 2.01. The predicted octanol–water partition coefficient (Wildman–Crippen LogP) is 2.30. The van der Waals surface area contributed by atoms with Crippen molar-refractivity contribution in [2.75, 3.05) is 11.9 Å². The quantitative estimate of drug-likeness (QED) is 0.696. The second kappa shape index (κ2) is 3.92. The molecule has 1 aromatic carbocycles. The molecular formula is C10H12N2OS. The fourth-order valence-corrected chi connectivity index (χ4v) is 2.07. The Morgan fingerprint density at radius 2 is 2.14 bits per heavy atom. The van der Waals surface area contributed by atoms with Gasteiger partial charge in [0.1, 0.15) is 5.75 Å². The summed E-state index contributed by atoms with van der Waals surface area (Å²) < 4.78 is 0. The van der Waals surface area contributed by atoms with Gasteiger partial charge in [0.05, 0.1) is 6.54 Å². The molecule has 1 aromatic rings. The molecule has 1 aliphatic rings. The number of anilines is 1. The lowest BCUT2D eigenvalue weighted by molar-refractivity contribution is 0.475. The minimum atomic E-state index is 0.282. The number of thioether (sulfide) groups is 1. The highest BCUT2D eigenvalue weighted by molar-refractivity contribution is 8.15. The van der Waals surface area contributed by atoms with Gasteiger partial charge in [-0.2, -0.15) is 0 Å². The van der Waals surface area contributed by atoms with Crippen molar-refractivity contribution in [3.05, 3.63) is 24.3 Å². The van der Waals surface area contributed by atoms with Crippen LogP contribution in [-0.2, 0) is 0 Å². The van der Waals surface area contributed by atoms with Gasteiger partial charge in [-0.1, -0.05) is 18.7 Å². The fraction of sp³-hybridized carbons (Fsp3) is 0.300. The molecule has 0 fully saturated rings. The molecule has 2 N–H and O–H groups in total. The Kier molecular flexibility index (Phi) is 2.63. The molecule has 0 radical (unpaired) electrons. The number of aliphatic imine (C=N–C) groups is 1. The molecule has 3 nitrogen and oxygen atoms in total. The highest BCUT2D eigenvalue weighted by Crippen LogP contribution is 2.22. The van der Waals surface area contributed by atoms with E-state index in [0.717, 1.165) is 17.4 Å². The molecule has 1 heterocycles. The molecule has 1 atom stereocenters. The summed E-state index contributed by atoms with van der Waals surface area (Å²) in [6.45, 7) is 3.03. The van der Waals surface area contributed by atoms with Crippen LogP contribution in [0.5, 0.6) is 5.75 Å². The first-order chi connectivity index (χ1) is 6.74. The van der Waals surface area contributed by atoms with Gasteiger partial charge in [0, 0.05) is 10.9 Å². The lowest BCUT2D eigenvalue weighted by Gasteiger charge is -2.05. The Morgan fingerprint density at radius 1 is 1.43 bits per heavy atom. The Morgan fingerprint density at radius 3 is 2.71 bits per heavy atom. The van der Waals surface area contributed by atoms with Crippen molar-refractivity contribution in [3.8, 4) is 5.75 Å². The van der Waals surface area contributed by atoms with E-state index in [1.807, 2.05) is 12.1 Å². The standard InChI is InChI=1S/C10H12N2OS/c1-7-6-11-10(14-7)12-8-2-4-9(13)5-3-8/h2-5,7,13H,6H2,1H3,(H,11,12)/t7-/m1/s1. The van der Waals surface area contributed by atoms with Crippen LogP contribution in [0.25, 0.3) is 0 Å². The summed E-state index contributed by atoms with van der Waals surface area (Å²) in [6, 6.07) is 6.99. The second-order valence-corrected chi connectivity index (χ2v) is 4.67. The van der Waals surface area contributed by atoms with Crippen molar-refractivity contribution in [2.24, 2.45) is 4.99 Å². The molecule has 74 valence electrons. The minimum Gasteiger partial charge on any atom is -0.508 e. The molecular weight excluding hydrogens is 196 g/mol. The lowest BCUT2D eigenvalue weighted by atomic mass is 10.3. The van der Waals surface area contributed by atoms with Crippen LogP contribution in [0.1, 0.15) is 6.92 Å². The number of nitrogens with one attached hydrogen (secondary N) is 1. The zero-order valence-corrected chi connectivity index (χ0v) is 8.71. The van der Waals surface area contributed by atoms with E-state index in [1.165, 1.54) is 0 Å². The Labute approximate surface area is 87.2 Å². The number of hydrogen-bond acceptors (Lipinski definition) is 4. The van der Waals surface area contributed by atoms with E-state index in [1.54, 1.807) is 23.9 Å². The van der Waals surface area contributed by atoms with E-state index < -0.39 is 0 Å². The van der Waals surface area contributed by atoms with Crippen LogP contribution in [0, 0.1) is 0 Å². The molecule has 14 heavy (non-hydrogen) atoms. The summed E-state index contributed by atoms with van der Waals surface area (Å²) in [5.74, 6) is 0.282. The van der Waals surface area contributed by atoms with Crippen molar-refractivity contribution in [3.63, 3.8) is 0 Å². The second-order valence-electron chi connectivity index (χ2n) is 3.25. The van der Waals surface area contributed by atoms with Crippen molar-refractivity contribution < 1.29 is 5.11 Å². The number of benzene rings is 1. The maximum absolute atomic E-state index is 9.10. The molecule has 0 aromatic heterocycles. The summed E-state index contributed by atoms with van der Waals surface area (Å²) in [5, 5.41) is 13.8. The number of amidine groups is 1. The van der Waals surface area contributed by atoms with E-state index in [-0.39, 0.29) is 5.75 Å². The largest absolute Gasteiger partial charge is 0.508 e. The SMILES string of the molecule is C[C@@H]1CN=C(Nc2ccc(O)cc2)S1. The first kappa shape index (κ1) is 9.40. The van der Waals surface area contributed by atoms with Crippen molar-refractivity contribution in [1.82, 2.24) is 0 Å². The minimum absolute atomic E-state index is 0.282. The normalized spacial score (nSPS) is 20.6. The van der Waals surface area contributed by atoms with Gasteiger partial charge in [0.25, 0.3) is 0 Å². The first-order valence-electron chi connectivity index (χ1n) is 4.51. The van der Waals surface area contributed by atoms with Gasteiger partial charge in [-0.25, -0.2) is 0 Å². The van der Waals surface area contributed by atoms with Crippen LogP contribution >= 0.6 is 11.8 Å². The van der Waals surface area contributed by atoms with Gasteiger partial charge in [0.15, 0.2) is 5.17 Å².